The molecule has 0 bridgehead atoms. The van der Waals surface area contributed by atoms with Crippen molar-refractivity contribution in [2.24, 2.45) is 0 Å². The van der Waals surface area contributed by atoms with E-state index in [9.17, 15) is 4.79 Å². The second-order valence-corrected chi connectivity index (χ2v) is 5.64. The number of benzene rings is 1. The maximum atomic E-state index is 11.7. The summed E-state index contributed by atoms with van der Waals surface area (Å²) < 4.78 is 6.56. The average Bonchev–Trinajstić information content (AvgIpc) is 2.99. The van der Waals surface area contributed by atoms with Gasteiger partial charge in [-0.05, 0) is 35.9 Å². The van der Waals surface area contributed by atoms with Gasteiger partial charge in [0, 0.05) is 20.3 Å². The van der Waals surface area contributed by atoms with Gasteiger partial charge in [-0.2, -0.15) is 4.68 Å². The van der Waals surface area contributed by atoms with Crippen LogP contribution in [0.3, 0.4) is 0 Å². The van der Waals surface area contributed by atoms with E-state index in [0.717, 1.165) is 12.1 Å². The van der Waals surface area contributed by atoms with Crippen LogP contribution < -0.4 is 5.32 Å². The van der Waals surface area contributed by atoms with Crippen molar-refractivity contribution < 1.29 is 9.53 Å². The van der Waals surface area contributed by atoms with Gasteiger partial charge in [-0.3, -0.25) is 4.79 Å². The molecule has 0 saturated heterocycles. The van der Waals surface area contributed by atoms with E-state index in [1.807, 2.05) is 31.2 Å². The van der Waals surface area contributed by atoms with Crippen LogP contribution in [0.15, 0.2) is 29.4 Å². The highest BCUT2D eigenvalue weighted by atomic mass is 32.2. The standard InChI is InChI=1S/C14H19N5O2S/c1-11-4-6-12(7-5-11)19-14(16-17-18-19)22-10-13(20)15-8-3-9-21-2/h4-7H,3,8-10H2,1-2H3,(H,15,20). The van der Waals surface area contributed by atoms with Gasteiger partial charge in [-0.1, -0.05) is 29.5 Å². The zero-order chi connectivity index (χ0) is 15.8. The number of methoxy groups -OCH3 is 1. The van der Waals surface area contributed by atoms with Gasteiger partial charge < -0.3 is 10.1 Å². The molecular formula is C14H19N5O2S. The number of carbonyl (C=O) groups is 1. The molecule has 0 aliphatic carbocycles. The number of aryl methyl sites for hydroxylation is 1. The van der Waals surface area contributed by atoms with Crippen LogP contribution in [0.5, 0.6) is 0 Å². The Bertz CT molecular complexity index is 600. The highest BCUT2D eigenvalue weighted by molar-refractivity contribution is 7.99. The van der Waals surface area contributed by atoms with Crippen molar-refractivity contribution in [1.82, 2.24) is 25.5 Å². The fourth-order valence-electron chi connectivity index (χ4n) is 1.74. The summed E-state index contributed by atoms with van der Waals surface area (Å²) in [6.45, 7) is 3.27. The molecule has 1 amide bonds. The van der Waals surface area contributed by atoms with Gasteiger partial charge in [-0.25, -0.2) is 0 Å². The molecule has 1 aromatic carbocycles. The molecule has 0 aliphatic rings. The molecule has 0 aliphatic heterocycles. The Morgan fingerprint density at radius 3 is 2.86 bits per heavy atom. The Morgan fingerprint density at radius 2 is 2.14 bits per heavy atom. The van der Waals surface area contributed by atoms with Crippen LogP contribution in [0.2, 0.25) is 0 Å². The van der Waals surface area contributed by atoms with Crippen molar-refractivity contribution in [3.05, 3.63) is 29.8 Å². The first-order chi connectivity index (χ1) is 10.7. The van der Waals surface area contributed by atoms with E-state index in [4.69, 9.17) is 4.74 Å². The van der Waals surface area contributed by atoms with Gasteiger partial charge in [0.05, 0.1) is 11.4 Å². The Hall–Kier alpha value is -1.93. The zero-order valence-electron chi connectivity index (χ0n) is 12.7. The van der Waals surface area contributed by atoms with Crippen molar-refractivity contribution in [2.75, 3.05) is 26.0 Å². The average molecular weight is 321 g/mol. The smallest absolute Gasteiger partial charge is 0.230 e. The summed E-state index contributed by atoms with van der Waals surface area (Å²) in [5.41, 5.74) is 2.04. The van der Waals surface area contributed by atoms with E-state index in [-0.39, 0.29) is 11.7 Å². The lowest BCUT2D eigenvalue weighted by Gasteiger charge is -2.06. The molecule has 1 aromatic heterocycles. The van der Waals surface area contributed by atoms with Crippen LogP contribution in [0.25, 0.3) is 5.69 Å². The molecule has 2 rings (SSSR count). The first kappa shape index (κ1) is 16.4. The van der Waals surface area contributed by atoms with Crippen molar-refractivity contribution in [3.8, 4) is 5.69 Å². The number of ether oxygens (including phenoxy) is 1. The molecule has 2 aromatic rings. The van der Waals surface area contributed by atoms with Gasteiger partial charge >= 0.3 is 0 Å². The van der Waals surface area contributed by atoms with E-state index in [1.165, 1.54) is 17.3 Å². The second kappa shape index (κ2) is 8.50. The number of rotatable bonds is 8. The summed E-state index contributed by atoms with van der Waals surface area (Å²) in [5.74, 6) is 0.235. The summed E-state index contributed by atoms with van der Waals surface area (Å²) in [6, 6.07) is 7.88. The number of aromatic nitrogens is 4. The van der Waals surface area contributed by atoms with Gasteiger partial charge in [0.25, 0.3) is 0 Å². The van der Waals surface area contributed by atoms with Crippen LogP contribution in [-0.4, -0.2) is 52.1 Å². The maximum absolute atomic E-state index is 11.7. The largest absolute Gasteiger partial charge is 0.385 e. The molecular weight excluding hydrogens is 302 g/mol. The SMILES string of the molecule is COCCCNC(=O)CSc1nnnn1-c1ccc(C)cc1. The third-order valence-electron chi connectivity index (χ3n) is 2.90. The van der Waals surface area contributed by atoms with Gasteiger partial charge in [0.15, 0.2) is 0 Å². The van der Waals surface area contributed by atoms with Crippen LogP contribution in [0, 0.1) is 6.92 Å². The molecule has 22 heavy (non-hydrogen) atoms. The number of nitrogens with zero attached hydrogens (tertiary/aromatic N) is 4. The number of amides is 1. The van der Waals surface area contributed by atoms with Crippen LogP contribution in [0.1, 0.15) is 12.0 Å². The van der Waals surface area contributed by atoms with E-state index in [0.29, 0.717) is 18.3 Å². The minimum Gasteiger partial charge on any atom is -0.385 e. The van der Waals surface area contributed by atoms with Gasteiger partial charge in [0.2, 0.25) is 11.1 Å². The molecule has 0 atom stereocenters. The minimum absolute atomic E-state index is 0.0421. The van der Waals surface area contributed by atoms with E-state index >= 15 is 0 Å². The molecule has 0 unspecified atom stereocenters. The van der Waals surface area contributed by atoms with Crippen LogP contribution in [-0.2, 0) is 9.53 Å². The Balaban J connectivity index is 1.88. The number of tetrazole rings is 1. The van der Waals surface area contributed by atoms with Crippen LogP contribution in [0.4, 0.5) is 0 Å². The molecule has 0 radical (unpaired) electrons. The number of nitrogens with one attached hydrogen (secondary N) is 1. The summed E-state index contributed by atoms with van der Waals surface area (Å²) >= 11 is 1.31. The quantitative estimate of drug-likeness (QED) is 0.581. The van der Waals surface area contributed by atoms with Gasteiger partial charge in [-0.15, -0.1) is 5.10 Å². The lowest BCUT2D eigenvalue weighted by Crippen LogP contribution is -2.26. The fraction of sp³-hybridized carbons (Fsp3) is 0.429. The first-order valence-corrected chi connectivity index (χ1v) is 7.93. The van der Waals surface area contributed by atoms with E-state index in [2.05, 4.69) is 20.8 Å². The maximum Gasteiger partial charge on any atom is 0.230 e. The van der Waals surface area contributed by atoms with Crippen molar-refractivity contribution >= 4 is 17.7 Å². The highest BCUT2D eigenvalue weighted by Crippen LogP contribution is 2.18. The lowest BCUT2D eigenvalue weighted by molar-refractivity contribution is -0.118. The Labute approximate surface area is 133 Å². The summed E-state index contributed by atoms with van der Waals surface area (Å²) in [6.07, 6.45) is 0.800. The monoisotopic (exact) mass is 321 g/mol. The van der Waals surface area contributed by atoms with E-state index < -0.39 is 0 Å². The summed E-state index contributed by atoms with van der Waals surface area (Å²) in [4.78, 5) is 11.7. The van der Waals surface area contributed by atoms with Crippen molar-refractivity contribution in [1.29, 1.82) is 0 Å². The predicted molar refractivity (Wildman–Crippen MR) is 84.1 cm³/mol. The summed E-state index contributed by atoms with van der Waals surface area (Å²) in [5, 5.41) is 15.0. The topological polar surface area (TPSA) is 81.9 Å². The number of hydrogen-bond acceptors (Lipinski definition) is 6. The second-order valence-electron chi connectivity index (χ2n) is 4.69. The Kier molecular flexibility index (Phi) is 6.35. The fourth-order valence-corrected chi connectivity index (χ4v) is 2.46. The third-order valence-corrected chi connectivity index (χ3v) is 3.82. The summed E-state index contributed by atoms with van der Waals surface area (Å²) in [7, 11) is 1.64. The van der Waals surface area contributed by atoms with Gasteiger partial charge in [0.1, 0.15) is 0 Å². The molecule has 0 fully saturated rings. The van der Waals surface area contributed by atoms with Crippen LogP contribution >= 0.6 is 11.8 Å². The number of hydrogen-bond donors (Lipinski definition) is 1. The molecule has 7 nitrogen and oxygen atoms in total. The Morgan fingerprint density at radius 1 is 1.36 bits per heavy atom. The zero-order valence-corrected chi connectivity index (χ0v) is 13.5. The first-order valence-electron chi connectivity index (χ1n) is 6.94. The normalized spacial score (nSPS) is 10.6. The third kappa shape index (κ3) is 4.81. The lowest BCUT2D eigenvalue weighted by atomic mass is 10.2. The minimum atomic E-state index is -0.0421. The molecule has 0 spiro atoms. The molecule has 118 valence electrons. The number of carbonyl (C=O) groups excluding carboxylic acids is 1. The predicted octanol–water partition coefficient (Wildman–Crippen LogP) is 1.22. The highest BCUT2D eigenvalue weighted by Gasteiger charge is 2.11. The molecule has 1 heterocycles. The number of thioether (sulfide) groups is 1. The molecule has 8 heteroatoms. The molecule has 1 N–H and O–H groups in total. The van der Waals surface area contributed by atoms with Crippen molar-refractivity contribution in [2.45, 2.75) is 18.5 Å². The van der Waals surface area contributed by atoms with E-state index in [1.54, 1.807) is 11.8 Å². The van der Waals surface area contributed by atoms with Crippen molar-refractivity contribution in [3.63, 3.8) is 0 Å². The molecule has 0 saturated carbocycles.